The molecule has 0 unspecified atom stereocenters. The van der Waals surface area contributed by atoms with Crippen LogP contribution in [-0.4, -0.2) is 46.0 Å². The minimum Gasteiger partial charge on any atom is -0.383 e. The van der Waals surface area contributed by atoms with Gasteiger partial charge in [0.15, 0.2) is 11.6 Å². The molecule has 9 heteroatoms. The van der Waals surface area contributed by atoms with E-state index < -0.39 is 37.1 Å². The van der Waals surface area contributed by atoms with Gasteiger partial charge in [-0.3, -0.25) is 4.79 Å². The van der Waals surface area contributed by atoms with Crippen LogP contribution in [0.4, 0.5) is 8.78 Å². The molecule has 118 valence electrons. The summed E-state index contributed by atoms with van der Waals surface area (Å²) in [4.78, 5) is 12.7. The summed E-state index contributed by atoms with van der Waals surface area (Å²) in [6, 6.07) is 0.928. The molecule has 5 nitrogen and oxygen atoms in total. The van der Waals surface area contributed by atoms with E-state index in [0.29, 0.717) is 12.1 Å². The molecule has 21 heavy (non-hydrogen) atoms. The number of carbonyl (C=O) groups excluding carboxylic acids is 1. The van der Waals surface area contributed by atoms with E-state index in [1.807, 2.05) is 0 Å². The summed E-state index contributed by atoms with van der Waals surface area (Å²) in [5.41, 5.74) is -0.512. The maximum absolute atomic E-state index is 13.3. The largest absolute Gasteiger partial charge is 0.383 e. The lowest BCUT2D eigenvalue weighted by Crippen LogP contribution is -2.34. The third kappa shape index (κ3) is 4.36. The van der Waals surface area contributed by atoms with Crippen molar-refractivity contribution in [1.82, 2.24) is 4.90 Å². The second-order valence-corrected chi connectivity index (χ2v) is 6.61. The Labute approximate surface area is 125 Å². The van der Waals surface area contributed by atoms with Crippen molar-refractivity contribution in [2.75, 3.05) is 26.8 Å². The van der Waals surface area contributed by atoms with Crippen molar-refractivity contribution in [3.63, 3.8) is 0 Å². The quantitative estimate of drug-likeness (QED) is 0.742. The number of ether oxygens (including phenoxy) is 1. The molecule has 0 fully saturated rings. The Morgan fingerprint density at radius 3 is 2.38 bits per heavy atom. The molecule has 0 aliphatic carbocycles. The van der Waals surface area contributed by atoms with Gasteiger partial charge in [-0.15, -0.1) is 0 Å². The fraction of sp³-hybridized carbons (Fsp3) is 0.417. The molecule has 0 radical (unpaired) electrons. The van der Waals surface area contributed by atoms with E-state index in [-0.39, 0.29) is 19.7 Å². The lowest BCUT2D eigenvalue weighted by Gasteiger charge is -2.21. The molecule has 1 aromatic carbocycles. The van der Waals surface area contributed by atoms with E-state index >= 15 is 0 Å². The number of methoxy groups -OCH3 is 1. The van der Waals surface area contributed by atoms with Crippen molar-refractivity contribution in [1.29, 1.82) is 0 Å². The zero-order valence-corrected chi connectivity index (χ0v) is 13.0. The predicted molar refractivity (Wildman–Crippen MR) is 72.9 cm³/mol. The van der Waals surface area contributed by atoms with E-state index in [1.165, 1.54) is 12.0 Å². The Balaban J connectivity index is 3.34. The lowest BCUT2D eigenvalue weighted by molar-refractivity contribution is 0.0702. The van der Waals surface area contributed by atoms with Crippen LogP contribution in [0, 0.1) is 11.6 Å². The molecule has 0 bridgehead atoms. The first-order chi connectivity index (χ1) is 9.72. The Morgan fingerprint density at radius 1 is 1.33 bits per heavy atom. The van der Waals surface area contributed by atoms with Gasteiger partial charge < -0.3 is 9.64 Å². The highest BCUT2D eigenvalue weighted by Gasteiger charge is 2.26. The third-order valence-electron chi connectivity index (χ3n) is 2.75. The van der Waals surface area contributed by atoms with Crippen molar-refractivity contribution < 1.29 is 26.7 Å². The molecule has 1 aromatic rings. The van der Waals surface area contributed by atoms with Crippen LogP contribution in [0.5, 0.6) is 0 Å². The van der Waals surface area contributed by atoms with Gasteiger partial charge in [0, 0.05) is 30.9 Å². The first kappa shape index (κ1) is 17.8. The van der Waals surface area contributed by atoms with Crippen molar-refractivity contribution in [2.45, 2.75) is 11.8 Å². The molecule has 1 amide bonds. The minimum absolute atomic E-state index is 0.173. The molecule has 0 saturated heterocycles. The van der Waals surface area contributed by atoms with Gasteiger partial charge in [0.1, 0.15) is 0 Å². The van der Waals surface area contributed by atoms with Gasteiger partial charge in [-0.1, -0.05) is 0 Å². The van der Waals surface area contributed by atoms with Crippen LogP contribution in [0.25, 0.3) is 0 Å². The highest BCUT2D eigenvalue weighted by molar-refractivity contribution is 8.13. The SMILES string of the molecule is CCN(CCOC)C(=O)c1cc(F)c(F)cc1S(=O)(=O)Cl. The minimum atomic E-state index is -4.39. The molecule has 0 saturated carbocycles. The summed E-state index contributed by atoms with van der Waals surface area (Å²) in [5.74, 6) is -3.50. The van der Waals surface area contributed by atoms with Gasteiger partial charge >= 0.3 is 0 Å². The Hall–Kier alpha value is -1.25. The third-order valence-corrected chi connectivity index (χ3v) is 4.11. The molecule has 0 heterocycles. The number of carbonyl (C=O) groups is 1. The second-order valence-electron chi connectivity index (χ2n) is 4.08. The van der Waals surface area contributed by atoms with Crippen LogP contribution in [0.15, 0.2) is 17.0 Å². The van der Waals surface area contributed by atoms with E-state index in [0.717, 1.165) is 0 Å². The molecule has 0 aromatic heterocycles. The molecule has 0 N–H and O–H groups in total. The fourth-order valence-corrected chi connectivity index (χ4v) is 2.71. The maximum Gasteiger partial charge on any atom is 0.262 e. The van der Waals surface area contributed by atoms with Crippen LogP contribution in [0.3, 0.4) is 0 Å². The second kappa shape index (κ2) is 7.15. The number of rotatable bonds is 6. The molecule has 0 aliphatic rings. The smallest absolute Gasteiger partial charge is 0.262 e. The van der Waals surface area contributed by atoms with Crippen molar-refractivity contribution in [3.8, 4) is 0 Å². The Morgan fingerprint density at radius 2 is 1.90 bits per heavy atom. The number of halogens is 3. The van der Waals surface area contributed by atoms with Gasteiger partial charge in [-0.2, -0.15) is 0 Å². The number of hydrogen-bond donors (Lipinski definition) is 0. The van der Waals surface area contributed by atoms with Gasteiger partial charge in [0.05, 0.1) is 17.1 Å². The molecule has 0 spiro atoms. The van der Waals surface area contributed by atoms with Crippen LogP contribution >= 0.6 is 10.7 Å². The summed E-state index contributed by atoms with van der Waals surface area (Å²) < 4.78 is 54.2. The van der Waals surface area contributed by atoms with Gasteiger partial charge in [-0.25, -0.2) is 17.2 Å². The summed E-state index contributed by atoms with van der Waals surface area (Å²) in [7, 11) is 2.21. The summed E-state index contributed by atoms with van der Waals surface area (Å²) in [6.07, 6.45) is 0. The van der Waals surface area contributed by atoms with E-state index in [2.05, 4.69) is 0 Å². The molecular weight excluding hydrogens is 328 g/mol. The maximum atomic E-state index is 13.3. The van der Waals surface area contributed by atoms with Gasteiger partial charge in [0.25, 0.3) is 15.0 Å². The summed E-state index contributed by atoms with van der Waals surface area (Å²) >= 11 is 0. The van der Waals surface area contributed by atoms with E-state index in [9.17, 15) is 22.0 Å². The molecule has 0 aliphatic heterocycles. The average Bonchev–Trinajstić information content (AvgIpc) is 2.40. The highest BCUT2D eigenvalue weighted by Crippen LogP contribution is 2.24. The first-order valence-electron chi connectivity index (χ1n) is 5.94. The van der Waals surface area contributed by atoms with Gasteiger partial charge in [-0.05, 0) is 19.1 Å². The van der Waals surface area contributed by atoms with Gasteiger partial charge in [0.2, 0.25) is 0 Å². The molecule has 0 atom stereocenters. The van der Waals surface area contributed by atoms with Crippen molar-refractivity contribution in [2.24, 2.45) is 0 Å². The molecule has 1 rings (SSSR count). The Bertz CT molecular complexity index is 636. The van der Waals surface area contributed by atoms with Crippen molar-refractivity contribution in [3.05, 3.63) is 29.3 Å². The monoisotopic (exact) mass is 341 g/mol. The lowest BCUT2D eigenvalue weighted by atomic mass is 10.2. The number of likely N-dealkylation sites (N-methyl/N-ethyl adjacent to an activating group) is 1. The number of amides is 1. The predicted octanol–water partition coefficient (Wildman–Crippen LogP) is 2.00. The molecular formula is C12H14ClF2NO4S. The van der Waals surface area contributed by atoms with Crippen LogP contribution in [-0.2, 0) is 13.8 Å². The van der Waals surface area contributed by atoms with Crippen LogP contribution < -0.4 is 0 Å². The Kier molecular flexibility index (Phi) is 6.06. The average molecular weight is 342 g/mol. The standard InChI is InChI=1S/C12H14ClF2NO4S/c1-3-16(4-5-20-2)12(17)8-6-9(14)10(15)7-11(8)21(13,18)19/h6-7H,3-5H2,1-2H3. The number of hydrogen-bond acceptors (Lipinski definition) is 4. The number of benzene rings is 1. The summed E-state index contributed by atoms with van der Waals surface area (Å²) in [6.45, 7) is 2.28. The normalized spacial score (nSPS) is 11.5. The zero-order chi connectivity index (χ0) is 16.2. The fourth-order valence-electron chi connectivity index (χ4n) is 1.67. The van der Waals surface area contributed by atoms with Crippen LogP contribution in [0.2, 0.25) is 0 Å². The van der Waals surface area contributed by atoms with E-state index in [1.54, 1.807) is 6.92 Å². The number of nitrogens with zero attached hydrogens (tertiary/aromatic N) is 1. The van der Waals surface area contributed by atoms with E-state index in [4.69, 9.17) is 15.4 Å². The highest BCUT2D eigenvalue weighted by atomic mass is 35.7. The van der Waals surface area contributed by atoms with Crippen LogP contribution in [0.1, 0.15) is 17.3 Å². The zero-order valence-electron chi connectivity index (χ0n) is 11.4. The topological polar surface area (TPSA) is 63.7 Å². The first-order valence-corrected chi connectivity index (χ1v) is 8.25. The summed E-state index contributed by atoms with van der Waals surface area (Å²) in [5, 5.41) is 0. The van der Waals surface area contributed by atoms with Crippen molar-refractivity contribution >= 4 is 25.6 Å².